The van der Waals surface area contributed by atoms with Crippen LogP contribution in [-0.2, 0) is 13.0 Å². The van der Waals surface area contributed by atoms with Crippen LogP contribution in [0.4, 0.5) is 0 Å². The van der Waals surface area contributed by atoms with Gasteiger partial charge < -0.3 is 5.32 Å². The maximum atomic E-state index is 8.78. The van der Waals surface area contributed by atoms with Crippen molar-refractivity contribution in [3.8, 4) is 6.07 Å². The zero-order valence-corrected chi connectivity index (χ0v) is 11.9. The molecule has 19 heavy (non-hydrogen) atoms. The Balaban J connectivity index is 1.73. The molecule has 0 aliphatic carbocycles. The van der Waals surface area contributed by atoms with Crippen LogP contribution in [0.15, 0.2) is 42.5 Å². The molecule has 0 amide bonds. The van der Waals surface area contributed by atoms with Crippen molar-refractivity contribution in [1.29, 1.82) is 5.26 Å². The van der Waals surface area contributed by atoms with Crippen LogP contribution >= 0.6 is 11.3 Å². The lowest BCUT2D eigenvalue weighted by Gasteiger charge is -2.12. The highest BCUT2D eigenvalue weighted by atomic mass is 32.1. The molecule has 0 saturated carbocycles. The maximum Gasteiger partial charge on any atom is 0.110 e. The lowest BCUT2D eigenvalue weighted by molar-refractivity contribution is 0.517. The summed E-state index contributed by atoms with van der Waals surface area (Å²) in [4.78, 5) is 2.01. The Morgan fingerprint density at radius 1 is 1.21 bits per heavy atom. The van der Waals surface area contributed by atoms with Gasteiger partial charge in [0.15, 0.2) is 0 Å². The van der Waals surface area contributed by atoms with Gasteiger partial charge in [-0.2, -0.15) is 5.26 Å². The molecule has 1 unspecified atom stereocenters. The Kier molecular flexibility index (Phi) is 5.14. The number of aryl methyl sites for hydroxylation is 1. The number of benzene rings is 1. The van der Waals surface area contributed by atoms with Crippen LogP contribution in [0.25, 0.3) is 0 Å². The standard InChI is InChI=1S/C16H18N2S/c1-13(7-8-14-5-3-2-4-6-14)18-12-16-10-9-15(11-17)19-16/h2-6,9-10,13,18H,7-8,12H2,1H3. The van der Waals surface area contributed by atoms with Crippen molar-refractivity contribution >= 4 is 11.3 Å². The van der Waals surface area contributed by atoms with Crippen molar-refractivity contribution < 1.29 is 0 Å². The van der Waals surface area contributed by atoms with E-state index in [1.54, 1.807) is 11.3 Å². The SMILES string of the molecule is CC(CCc1ccccc1)NCc1ccc(C#N)s1. The second-order valence-electron chi connectivity index (χ2n) is 4.68. The van der Waals surface area contributed by atoms with Gasteiger partial charge >= 0.3 is 0 Å². The van der Waals surface area contributed by atoms with Crippen LogP contribution in [0.2, 0.25) is 0 Å². The van der Waals surface area contributed by atoms with Gasteiger partial charge in [0, 0.05) is 17.5 Å². The topological polar surface area (TPSA) is 35.8 Å². The summed E-state index contributed by atoms with van der Waals surface area (Å²) in [5, 5.41) is 12.3. The molecule has 2 aromatic rings. The van der Waals surface area contributed by atoms with E-state index in [1.807, 2.05) is 12.1 Å². The summed E-state index contributed by atoms with van der Waals surface area (Å²) < 4.78 is 0. The Labute approximate surface area is 118 Å². The molecule has 1 aromatic carbocycles. The minimum atomic E-state index is 0.479. The highest BCUT2D eigenvalue weighted by Gasteiger charge is 2.04. The van der Waals surface area contributed by atoms with Crippen molar-refractivity contribution in [3.63, 3.8) is 0 Å². The number of hydrogen-bond donors (Lipinski definition) is 1. The van der Waals surface area contributed by atoms with Crippen LogP contribution in [0, 0.1) is 11.3 Å². The first kappa shape index (κ1) is 13.8. The van der Waals surface area contributed by atoms with E-state index in [-0.39, 0.29) is 0 Å². The molecular weight excluding hydrogens is 252 g/mol. The molecule has 0 saturated heterocycles. The summed E-state index contributed by atoms with van der Waals surface area (Å²) in [6, 6.07) is 17.1. The van der Waals surface area contributed by atoms with E-state index >= 15 is 0 Å². The van der Waals surface area contributed by atoms with Crippen LogP contribution in [0.5, 0.6) is 0 Å². The normalized spacial score (nSPS) is 12.0. The van der Waals surface area contributed by atoms with Crippen LogP contribution in [0.3, 0.4) is 0 Å². The van der Waals surface area contributed by atoms with Crippen molar-refractivity contribution in [2.75, 3.05) is 0 Å². The molecule has 0 fully saturated rings. The lowest BCUT2D eigenvalue weighted by Crippen LogP contribution is -2.25. The van der Waals surface area contributed by atoms with E-state index in [0.717, 1.165) is 24.3 Å². The van der Waals surface area contributed by atoms with Crippen LogP contribution < -0.4 is 5.32 Å². The lowest BCUT2D eigenvalue weighted by atomic mass is 10.1. The van der Waals surface area contributed by atoms with Crippen LogP contribution in [0.1, 0.15) is 28.7 Å². The third kappa shape index (κ3) is 4.51. The smallest absolute Gasteiger partial charge is 0.110 e. The molecule has 0 bridgehead atoms. The number of hydrogen-bond acceptors (Lipinski definition) is 3. The molecule has 3 heteroatoms. The molecule has 1 heterocycles. The van der Waals surface area contributed by atoms with Gasteiger partial charge in [-0.3, -0.25) is 0 Å². The first-order chi connectivity index (χ1) is 9.28. The van der Waals surface area contributed by atoms with E-state index in [2.05, 4.69) is 48.6 Å². The molecule has 0 radical (unpaired) electrons. The van der Waals surface area contributed by atoms with Crippen molar-refractivity contribution in [3.05, 3.63) is 57.8 Å². The average molecular weight is 270 g/mol. The fraction of sp³-hybridized carbons (Fsp3) is 0.312. The van der Waals surface area contributed by atoms with E-state index in [9.17, 15) is 0 Å². The van der Waals surface area contributed by atoms with Gasteiger partial charge in [-0.25, -0.2) is 0 Å². The van der Waals surface area contributed by atoms with Gasteiger partial charge in [0.05, 0.1) is 0 Å². The Hall–Kier alpha value is -1.63. The van der Waals surface area contributed by atoms with Gasteiger partial charge in [0.1, 0.15) is 10.9 Å². The summed E-state index contributed by atoms with van der Waals surface area (Å²) >= 11 is 1.57. The predicted octanol–water partition coefficient (Wildman–Crippen LogP) is 3.73. The van der Waals surface area contributed by atoms with Gasteiger partial charge in [0.2, 0.25) is 0 Å². The number of rotatable bonds is 6. The first-order valence-corrected chi connectivity index (χ1v) is 7.35. The third-order valence-electron chi connectivity index (χ3n) is 3.11. The largest absolute Gasteiger partial charge is 0.309 e. The molecule has 1 N–H and O–H groups in total. The molecule has 0 spiro atoms. The average Bonchev–Trinajstić information content (AvgIpc) is 2.92. The van der Waals surface area contributed by atoms with E-state index in [4.69, 9.17) is 5.26 Å². The summed E-state index contributed by atoms with van der Waals surface area (Å²) in [6.07, 6.45) is 2.23. The second-order valence-corrected chi connectivity index (χ2v) is 5.85. The molecule has 0 aliphatic heterocycles. The quantitative estimate of drug-likeness (QED) is 0.868. The fourth-order valence-electron chi connectivity index (χ4n) is 1.94. The molecular formula is C16H18N2S. The zero-order chi connectivity index (χ0) is 13.5. The van der Waals surface area contributed by atoms with Crippen LogP contribution in [-0.4, -0.2) is 6.04 Å². The zero-order valence-electron chi connectivity index (χ0n) is 11.1. The minimum absolute atomic E-state index is 0.479. The molecule has 2 rings (SSSR count). The number of nitrogens with zero attached hydrogens (tertiary/aromatic N) is 1. The van der Waals surface area contributed by atoms with Crippen molar-refractivity contribution in [2.45, 2.75) is 32.4 Å². The Morgan fingerprint density at radius 2 is 2.00 bits per heavy atom. The molecule has 0 aliphatic rings. The molecule has 98 valence electrons. The Bertz CT molecular complexity index is 539. The summed E-state index contributed by atoms with van der Waals surface area (Å²) in [7, 11) is 0. The highest BCUT2D eigenvalue weighted by Crippen LogP contribution is 2.15. The van der Waals surface area contributed by atoms with Crippen molar-refractivity contribution in [2.24, 2.45) is 0 Å². The monoisotopic (exact) mass is 270 g/mol. The first-order valence-electron chi connectivity index (χ1n) is 6.54. The predicted molar refractivity (Wildman–Crippen MR) is 80.1 cm³/mol. The number of nitriles is 1. The maximum absolute atomic E-state index is 8.78. The molecule has 1 atom stereocenters. The van der Waals surface area contributed by atoms with E-state index < -0.39 is 0 Å². The highest BCUT2D eigenvalue weighted by molar-refractivity contribution is 7.12. The van der Waals surface area contributed by atoms with Gasteiger partial charge in [0.25, 0.3) is 0 Å². The molecule has 1 aromatic heterocycles. The van der Waals surface area contributed by atoms with E-state index in [0.29, 0.717) is 6.04 Å². The number of nitrogens with one attached hydrogen (secondary N) is 1. The fourth-order valence-corrected chi connectivity index (χ4v) is 2.69. The van der Waals surface area contributed by atoms with Crippen molar-refractivity contribution in [1.82, 2.24) is 5.32 Å². The van der Waals surface area contributed by atoms with Gasteiger partial charge in [-0.15, -0.1) is 11.3 Å². The minimum Gasteiger partial charge on any atom is -0.309 e. The Morgan fingerprint density at radius 3 is 2.68 bits per heavy atom. The second kappa shape index (κ2) is 7.08. The summed E-state index contributed by atoms with van der Waals surface area (Å²) in [5.74, 6) is 0. The summed E-state index contributed by atoms with van der Waals surface area (Å²) in [6.45, 7) is 3.06. The van der Waals surface area contributed by atoms with E-state index in [1.165, 1.54) is 10.4 Å². The molecule has 2 nitrogen and oxygen atoms in total. The third-order valence-corrected chi connectivity index (χ3v) is 4.10. The summed E-state index contributed by atoms with van der Waals surface area (Å²) in [5.41, 5.74) is 1.39. The number of thiophene rings is 1. The van der Waals surface area contributed by atoms with Gasteiger partial charge in [-0.05, 0) is 37.5 Å². The van der Waals surface area contributed by atoms with Gasteiger partial charge in [-0.1, -0.05) is 30.3 Å².